The lowest BCUT2D eigenvalue weighted by atomic mass is 10.1. The molecule has 0 aromatic heterocycles. The molecule has 0 spiro atoms. The van der Waals surface area contributed by atoms with Crippen molar-refractivity contribution in [2.75, 3.05) is 0 Å². The Morgan fingerprint density at radius 3 is 1.88 bits per heavy atom. The molecule has 0 N–H and O–H groups in total. The van der Waals surface area contributed by atoms with Gasteiger partial charge < -0.3 is 13.9 Å². The molecule has 1 aromatic rings. The minimum Gasteiger partial charge on any atom is -0.380 e. The summed E-state index contributed by atoms with van der Waals surface area (Å²) >= 11 is 0. The third-order valence-electron chi connectivity index (χ3n) is 3.38. The second-order valence-corrected chi connectivity index (χ2v) is 6.71. The average Bonchev–Trinajstić information content (AvgIpc) is 2.47. The molecule has 0 fully saturated rings. The Hall–Kier alpha value is -0.893. The van der Waals surface area contributed by atoms with E-state index in [4.69, 9.17) is 13.9 Å². The van der Waals surface area contributed by atoms with Crippen LogP contribution in [0.1, 0.15) is 52.5 Å². The van der Waals surface area contributed by atoms with Gasteiger partial charge in [-0.3, -0.25) is 0 Å². The molecule has 7 heteroatoms. The van der Waals surface area contributed by atoms with Crippen molar-refractivity contribution >= 4 is 10.5 Å². The van der Waals surface area contributed by atoms with E-state index in [1.54, 1.807) is 0 Å². The molecule has 0 saturated carbocycles. The third-order valence-corrected chi connectivity index (χ3v) is 4.01. The largest absolute Gasteiger partial charge is 0.380 e. The lowest BCUT2D eigenvalue weighted by molar-refractivity contribution is -0.369. The van der Waals surface area contributed by atoms with Gasteiger partial charge >= 0.3 is 0 Å². The first-order valence-electron chi connectivity index (χ1n) is 8.23. The van der Waals surface area contributed by atoms with Gasteiger partial charge in [-0.1, -0.05) is 0 Å². The first kappa shape index (κ1) is 21.2. The Morgan fingerprint density at radius 2 is 1.46 bits per heavy atom. The van der Waals surface area contributed by atoms with Crippen molar-refractivity contribution in [3.63, 3.8) is 0 Å². The topological polar surface area (TPSA) is 27.7 Å². The van der Waals surface area contributed by atoms with Crippen LogP contribution >= 0.6 is 0 Å². The predicted octanol–water partition coefficient (Wildman–Crippen LogP) is 3.62. The molecule has 0 radical (unpaired) electrons. The molecule has 0 saturated heterocycles. The zero-order chi connectivity index (χ0) is 18.3. The van der Waals surface area contributed by atoms with Crippen LogP contribution < -0.4 is 0 Å². The van der Waals surface area contributed by atoms with Crippen LogP contribution in [0.2, 0.25) is 0 Å². The number of unbranched alkanes of at least 4 members (excludes halogenated alkanes) is 1. The van der Waals surface area contributed by atoms with Gasteiger partial charge in [0.25, 0.3) is 5.97 Å². The van der Waals surface area contributed by atoms with Crippen molar-refractivity contribution in [2.45, 2.75) is 71.6 Å². The highest BCUT2D eigenvalue weighted by molar-refractivity contribution is 5.98. The smallest absolute Gasteiger partial charge is 0.273 e. The van der Waals surface area contributed by atoms with Gasteiger partial charge in [-0.25, -0.2) is 13.2 Å². The number of ether oxygens (including phenoxy) is 2. The molecule has 0 aliphatic rings. The van der Waals surface area contributed by atoms with E-state index >= 15 is 0 Å². The summed E-state index contributed by atoms with van der Waals surface area (Å²) in [5, 5.41) is 0. The minimum atomic E-state index is -1.43. The molecule has 1 aromatic carbocycles. The van der Waals surface area contributed by atoms with E-state index in [-0.39, 0.29) is 12.2 Å². The van der Waals surface area contributed by atoms with Crippen LogP contribution in [0.4, 0.5) is 13.2 Å². The van der Waals surface area contributed by atoms with Gasteiger partial charge in [0.15, 0.2) is 27.9 Å². The third kappa shape index (κ3) is 6.55. The van der Waals surface area contributed by atoms with Crippen molar-refractivity contribution in [1.29, 1.82) is 0 Å². The van der Waals surface area contributed by atoms with Crippen LogP contribution in [0.15, 0.2) is 12.1 Å². The fraction of sp³-hybridized carbons (Fsp3) is 0.647. The normalized spacial score (nSPS) is 12.5. The molecule has 0 heterocycles. The Labute approximate surface area is 145 Å². The summed E-state index contributed by atoms with van der Waals surface area (Å²) in [6, 6.07) is 2.06. The fourth-order valence-corrected chi connectivity index (χ4v) is 2.88. The summed E-state index contributed by atoms with van der Waals surface area (Å²) in [4.78, 5) is 0. The molecule has 24 heavy (non-hydrogen) atoms. The molecule has 138 valence electrons. The maximum atomic E-state index is 13.2. The van der Waals surface area contributed by atoms with Crippen molar-refractivity contribution in [3.8, 4) is 0 Å². The Bertz CT molecular complexity index is 491. The van der Waals surface area contributed by atoms with Crippen LogP contribution in [0, 0.1) is 17.5 Å². The maximum Gasteiger partial charge on any atom is 0.273 e. The van der Waals surface area contributed by atoms with E-state index < -0.39 is 23.4 Å². The zero-order valence-electron chi connectivity index (χ0n) is 15.0. The van der Waals surface area contributed by atoms with Gasteiger partial charge in [0, 0.05) is 6.42 Å². The van der Waals surface area contributed by atoms with Gasteiger partial charge in [0.1, 0.15) is 0 Å². The average molecular weight is 364 g/mol. The molecular formula is C17H27F3O3Si. The summed E-state index contributed by atoms with van der Waals surface area (Å²) in [5.41, 5.74) is 0.429. The number of hydrogen-bond acceptors (Lipinski definition) is 3. The van der Waals surface area contributed by atoms with E-state index in [0.717, 1.165) is 12.1 Å². The maximum absolute atomic E-state index is 13.2. The van der Waals surface area contributed by atoms with Crippen LogP contribution in [-0.2, 0) is 20.3 Å². The van der Waals surface area contributed by atoms with E-state index in [0.29, 0.717) is 41.7 Å². The second-order valence-electron chi connectivity index (χ2n) is 6.30. The summed E-state index contributed by atoms with van der Waals surface area (Å²) < 4.78 is 56.6. The van der Waals surface area contributed by atoms with Crippen molar-refractivity contribution in [1.82, 2.24) is 0 Å². The zero-order valence-corrected chi connectivity index (χ0v) is 17.0. The molecule has 3 nitrogen and oxygen atoms in total. The number of halogens is 3. The number of aryl methyl sites for hydroxylation is 1. The summed E-state index contributed by atoms with van der Waals surface area (Å²) in [6.45, 7) is 7.62. The molecule has 0 aliphatic carbocycles. The van der Waals surface area contributed by atoms with Gasteiger partial charge in [0.2, 0.25) is 0 Å². The van der Waals surface area contributed by atoms with Crippen LogP contribution in [-0.4, -0.2) is 28.7 Å². The van der Waals surface area contributed by atoms with Crippen molar-refractivity contribution < 1.29 is 27.1 Å². The highest BCUT2D eigenvalue weighted by atomic mass is 28.2. The minimum absolute atomic E-state index is 0.0574. The standard InChI is InChI=1S/C17H27F3O3Si/c1-11(2)21-17(23-24,22-12(3)4)8-6-5-7-13-9-14(18)16(20)15(19)10-13/h9-12H,5-8H2,1-4,24H3. The van der Waals surface area contributed by atoms with E-state index in [2.05, 4.69) is 0 Å². The molecular weight excluding hydrogens is 337 g/mol. The van der Waals surface area contributed by atoms with E-state index in [1.165, 1.54) is 0 Å². The van der Waals surface area contributed by atoms with E-state index in [9.17, 15) is 13.2 Å². The first-order valence-corrected chi connectivity index (χ1v) is 9.05. The Kier molecular flexibility index (Phi) is 8.42. The first-order chi connectivity index (χ1) is 11.2. The van der Waals surface area contributed by atoms with Crippen LogP contribution in [0.3, 0.4) is 0 Å². The molecule has 0 bridgehead atoms. The molecule has 0 aliphatic heterocycles. The summed E-state index contributed by atoms with van der Waals surface area (Å²) in [6.07, 6.45) is 2.17. The second kappa shape index (κ2) is 9.55. The Balaban J connectivity index is 2.61. The summed E-state index contributed by atoms with van der Waals surface area (Å²) in [7, 11) is 0.457. The number of benzene rings is 1. The number of hydrogen-bond donors (Lipinski definition) is 0. The van der Waals surface area contributed by atoms with Gasteiger partial charge in [-0.15, -0.1) is 0 Å². The molecule has 0 atom stereocenters. The van der Waals surface area contributed by atoms with Crippen LogP contribution in [0.5, 0.6) is 0 Å². The SMILES string of the molecule is CC(C)OC(CCCCc1cc(F)c(F)c(F)c1)(O[SiH3])OC(C)C. The van der Waals surface area contributed by atoms with Gasteiger partial charge in [-0.05, 0) is 64.7 Å². The lowest BCUT2D eigenvalue weighted by Crippen LogP contribution is -2.42. The monoisotopic (exact) mass is 364 g/mol. The highest BCUT2D eigenvalue weighted by Gasteiger charge is 2.33. The van der Waals surface area contributed by atoms with Crippen molar-refractivity contribution in [2.24, 2.45) is 0 Å². The molecule has 0 amide bonds. The fourth-order valence-electron chi connectivity index (χ4n) is 2.49. The van der Waals surface area contributed by atoms with Crippen molar-refractivity contribution in [3.05, 3.63) is 35.1 Å². The lowest BCUT2D eigenvalue weighted by Gasteiger charge is -2.36. The molecule has 1 rings (SSSR count). The Morgan fingerprint density at radius 1 is 0.958 bits per heavy atom. The molecule has 0 unspecified atom stereocenters. The van der Waals surface area contributed by atoms with Gasteiger partial charge in [-0.2, -0.15) is 0 Å². The number of rotatable bonds is 10. The van der Waals surface area contributed by atoms with Gasteiger partial charge in [0.05, 0.1) is 12.2 Å². The highest BCUT2D eigenvalue weighted by Crippen LogP contribution is 2.26. The summed E-state index contributed by atoms with van der Waals surface area (Å²) in [5.74, 6) is -4.83. The predicted molar refractivity (Wildman–Crippen MR) is 90.1 cm³/mol. The quantitative estimate of drug-likeness (QED) is 0.275. The van der Waals surface area contributed by atoms with Crippen LogP contribution in [0.25, 0.3) is 0 Å². The van der Waals surface area contributed by atoms with E-state index in [1.807, 2.05) is 27.7 Å².